The van der Waals surface area contributed by atoms with Gasteiger partial charge < -0.3 is 24.0 Å². The van der Waals surface area contributed by atoms with E-state index in [1.807, 2.05) is 61.5 Å². The molecule has 5 nitrogen and oxygen atoms in total. The molecule has 0 unspecified atom stereocenters. The Balaban J connectivity index is 0.000000250. The minimum absolute atomic E-state index is 0.309. The lowest BCUT2D eigenvalue weighted by Crippen LogP contribution is -2.35. The van der Waals surface area contributed by atoms with Crippen molar-refractivity contribution in [3.8, 4) is 17.2 Å². The smallest absolute Gasteiger partial charge is 0.138 e. The largest absolute Gasteiger partial charge is 0.495 e. The third kappa shape index (κ3) is 14.4. The van der Waals surface area contributed by atoms with Crippen LogP contribution in [0.4, 0.5) is 0 Å². The van der Waals surface area contributed by atoms with E-state index in [0.717, 1.165) is 60.3 Å². The van der Waals surface area contributed by atoms with E-state index >= 15 is 0 Å². The molecule has 1 aliphatic heterocycles. The Hall–Kier alpha value is -2.86. The van der Waals surface area contributed by atoms with Crippen molar-refractivity contribution in [3.63, 3.8) is 0 Å². The molecule has 47 heavy (non-hydrogen) atoms. The van der Waals surface area contributed by atoms with Gasteiger partial charge in [0.2, 0.25) is 0 Å². The van der Waals surface area contributed by atoms with Gasteiger partial charge in [-0.1, -0.05) is 95.6 Å². The molecule has 3 aromatic carbocycles. The highest BCUT2D eigenvalue weighted by Gasteiger charge is 2.19. The Labute approximate surface area is 295 Å². The van der Waals surface area contributed by atoms with Crippen LogP contribution in [0.15, 0.2) is 72.9 Å². The van der Waals surface area contributed by atoms with E-state index in [9.17, 15) is 0 Å². The monoisotopic (exact) mass is 684 g/mol. The molecule has 260 valence electrons. The summed E-state index contributed by atoms with van der Waals surface area (Å²) in [7, 11) is 7.77. The maximum Gasteiger partial charge on any atom is 0.138 e. The van der Waals surface area contributed by atoms with Gasteiger partial charge in [-0.2, -0.15) is 0 Å². The quantitative estimate of drug-likeness (QED) is 0.201. The number of ether oxygens (including phenoxy) is 3. The molecule has 0 bridgehead atoms. The van der Waals surface area contributed by atoms with Crippen LogP contribution in [0.3, 0.4) is 0 Å². The predicted molar refractivity (Wildman–Crippen MR) is 202 cm³/mol. The Morgan fingerprint density at radius 2 is 1.26 bits per heavy atom. The molecule has 1 fully saturated rings. The first kappa shape index (κ1) is 40.3. The first-order valence-electron chi connectivity index (χ1n) is 16.8. The molecule has 0 aromatic heterocycles. The summed E-state index contributed by atoms with van der Waals surface area (Å²) in [5.74, 6) is 4.07. The highest BCUT2D eigenvalue weighted by Crippen LogP contribution is 2.31. The lowest BCUT2D eigenvalue weighted by molar-refractivity contribution is 0.114. The minimum atomic E-state index is 0.309. The van der Waals surface area contributed by atoms with Gasteiger partial charge in [-0.25, -0.2) is 0 Å². The fourth-order valence-corrected chi connectivity index (χ4v) is 5.25. The van der Waals surface area contributed by atoms with Crippen LogP contribution in [0.5, 0.6) is 17.2 Å². The molecule has 0 N–H and O–H groups in total. The number of hydrogen-bond acceptors (Lipinski definition) is 5. The Bertz CT molecular complexity index is 1350. The van der Waals surface area contributed by atoms with Gasteiger partial charge in [0.1, 0.15) is 23.4 Å². The van der Waals surface area contributed by atoms with E-state index in [0.29, 0.717) is 35.5 Å². The molecular formula is C40H58Cl2N2O3. The third-order valence-corrected chi connectivity index (χ3v) is 8.85. The van der Waals surface area contributed by atoms with Crippen LogP contribution in [-0.2, 0) is 0 Å². The molecule has 1 heterocycles. The lowest BCUT2D eigenvalue weighted by Gasteiger charge is -2.29. The summed E-state index contributed by atoms with van der Waals surface area (Å²) in [6.07, 6.45) is 3.33. The van der Waals surface area contributed by atoms with E-state index in [4.69, 9.17) is 37.4 Å². The van der Waals surface area contributed by atoms with Crippen molar-refractivity contribution in [1.82, 2.24) is 9.80 Å². The maximum absolute atomic E-state index is 6.29. The van der Waals surface area contributed by atoms with Crippen LogP contribution >= 0.6 is 23.2 Å². The van der Waals surface area contributed by atoms with Gasteiger partial charge in [-0.3, -0.25) is 0 Å². The number of halogens is 2. The van der Waals surface area contributed by atoms with Crippen LogP contribution < -0.4 is 14.2 Å². The number of benzene rings is 3. The first-order valence-corrected chi connectivity index (χ1v) is 17.5. The second-order valence-corrected chi connectivity index (χ2v) is 14.1. The van der Waals surface area contributed by atoms with Gasteiger partial charge in [-0.05, 0) is 90.7 Å². The molecular weight excluding hydrogens is 627 g/mol. The van der Waals surface area contributed by atoms with Crippen LogP contribution in [0, 0.1) is 0 Å². The van der Waals surface area contributed by atoms with Gasteiger partial charge in [0.25, 0.3) is 0 Å². The molecule has 0 atom stereocenters. The van der Waals surface area contributed by atoms with Gasteiger partial charge in [0.15, 0.2) is 0 Å². The van der Waals surface area contributed by atoms with Crippen molar-refractivity contribution in [3.05, 3.63) is 99.7 Å². The number of piperidine rings is 1. The lowest BCUT2D eigenvalue weighted by atomic mass is 10.0. The fraction of sp³-hybridized carbons (Fsp3) is 0.500. The van der Waals surface area contributed by atoms with Crippen LogP contribution in [-0.4, -0.2) is 63.9 Å². The zero-order valence-corrected chi connectivity index (χ0v) is 31.9. The maximum atomic E-state index is 6.29. The van der Waals surface area contributed by atoms with Crippen LogP contribution in [0.25, 0.3) is 0 Å². The minimum Gasteiger partial charge on any atom is -0.495 e. The summed E-state index contributed by atoms with van der Waals surface area (Å²) < 4.78 is 16.7. The number of nitrogens with zero attached hydrogens (tertiary/aromatic N) is 2. The molecule has 1 aliphatic rings. The first-order chi connectivity index (χ1) is 22.2. The highest BCUT2D eigenvalue weighted by atomic mass is 35.5. The number of rotatable bonds is 11. The topological polar surface area (TPSA) is 34.2 Å². The van der Waals surface area contributed by atoms with E-state index in [1.165, 1.54) is 16.7 Å². The molecule has 3 aromatic rings. The second-order valence-electron chi connectivity index (χ2n) is 13.3. The summed E-state index contributed by atoms with van der Waals surface area (Å²) in [5.41, 5.74) is 4.93. The molecule has 4 rings (SSSR count). The van der Waals surface area contributed by atoms with Crippen molar-refractivity contribution in [2.24, 2.45) is 0 Å². The zero-order chi connectivity index (χ0) is 35.1. The van der Waals surface area contributed by atoms with E-state index in [2.05, 4.69) is 78.3 Å². The molecule has 1 saturated heterocycles. The van der Waals surface area contributed by atoms with Crippen molar-refractivity contribution < 1.29 is 14.2 Å². The highest BCUT2D eigenvalue weighted by molar-refractivity contribution is 6.32. The van der Waals surface area contributed by atoms with E-state index < -0.39 is 0 Å². The van der Waals surface area contributed by atoms with Gasteiger partial charge >= 0.3 is 0 Å². The van der Waals surface area contributed by atoms with Crippen molar-refractivity contribution >= 4 is 23.2 Å². The molecule has 0 spiro atoms. The molecule has 0 radical (unpaired) electrons. The average molecular weight is 686 g/mol. The number of methoxy groups -OCH3 is 1. The molecule has 0 amide bonds. The van der Waals surface area contributed by atoms with Gasteiger partial charge in [0, 0.05) is 39.3 Å². The second kappa shape index (κ2) is 20.5. The Morgan fingerprint density at radius 1 is 0.787 bits per heavy atom. The fourth-order valence-electron chi connectivity index (χ4n) is 4.76. The summed E-state index contributed by atoms with van der Waals surface area (Å²) in [6.45, 7) is 19.9. The normalized spacial score (nSPS) is 13.4. The molecule has 7 heteroatoms. The van der Waals surface area contributed by atoms with E-state index in [1.54, 1.807) is 7.11 Å². The average Bonchev–Trinajstić information content (AvgIpc) is 3.03. The zero-order valence-electron chi connectivity index (χ0n) is 30.4. The summed E-state index contributed by atoms with van der Waals surface area (Å²) in [6, 6.07) is 20.4. The van der Waals surface area contributed by atoms with Crippen molar-refractivity contribution in [1.29, 1.82) is 0 Å². The summed E-state index contributed by atoms with van der Waals surface area (Å²) in [4.78, 5) is 4.36. The summed E-state index contributed by atoms with van der Waals surface area (Å²) >= 11 is 12.2. The van der Waals surface area contributed by atoms with Crippen LogP contribution in [0.2, 0.25) is 10.0 Å². The molecule has 0 aliphatic carbocycles. The SMILES string of the molecule is C=C(CCOc1ccc(C(C)C)cc1)N(C)C.CC(C)c1ccc(OC2CCN(C)CC2)c(Cl)c1.COc1ccc(C(C)C)cc1Cl. The third-order valence-electron chi connectivity index (χ3n) is 8.26. The Morgan fingerprint density at radius 3 is 1.68 bits per heavy atom. The van der Waals surface area contributed by atoms with E-state index in [-0.39, 0.29) is 0 Å². The van der Waals surface area contributed by atoms with Crippen molar-refractivity contribution in [2.75, 3.05) is 47.9 Å². The predicted octanol–water partition coefficient (Wildman–Crippen LogP) is 11.1. The van der Waals surface area contributed by atoms with Gasteiger partial charge in [0.05, 0.1) is 23.8 Å². The number of hydrogen-bond donors (Lipinski definition) is 0. The van der Waals surface area contributed by atoms with Gasteiger partial charge in [-0.15, -0.1) is 0 Å². The molecule has 0 saturated carbocycles. The Kier molecular flexibility index (Phi) is 17.6. The standard InChI is InChI=1S/C15H22ClNO.C15H23NO.C10H13ClO/c1-11(2)12-4-5-15(14(16)10-12)18-13-6-8-17(3)9-7-13;1-12(2)14-6-8-15(9-7-14)17-11-10-13(3)16(4)5;1-7(2)8-4-5-10(12-3)9(11)6-8/h4-5,10-11,13H,6-9H2,1-3H3;6-9,12H,3,10-11H2,1-2,4-5H3;4-7H,1-3H3. The van der Waals surface area contributed by atoms with Crippen molar-refractivity contribution in [2.45, 2.75) is 84.7 Å². The summed E-state index contributed by atoms with van der Waals surface area (Å²) in [5, 5.41) is 1.42. The van der Waals surface area contributed by atoms with Crippen LogP contribution in [0.1, 0.15) is 95.2 Å². The number of likely N-dealkylation sites (tertiary alicyclic amines) is 1.